The molecule has 0 unspecified atom stereocenters. The lowest BCUT2D eigenvalue weighted by Gasteiger charge is -2.35. The number of para-hydroxylation sites is 1. The summed E-state index contributed by atoms with van der Waals surface area (Å²) in [5, 5.41) is 6.86. The molecule has 1 aliphatic heterocycles. The second-order valence-corrected chi connectivity index (χ2v) is 5.23. The number of rotatable bonds is 3. The number of hydrogen-bond donors (Lipinski definition) is 2. The van der Waals surface area contributed by atoms with Gasteiger partial charge < -0.3 is 10.6 Å². The number of anilines is 1. The third kappa shape index (κ3) is 2.68. The van der Waals surface area contributed by atoms with Gasteiger partial charge in [0.1, 0.15) is 0 Å². The molecule has 0 saturated carbocycles. The molecule has 0 aromatic heterocycles. The molecule has 2 N–H and O–H groups in total. The van der Waals surface area contributed by atoms with Crippen LogP contribution in [0.2, 0.25) is 5.02 Å². The first kappa shape index (κ1) is 13.4. The van der Waals surface area contributed by atoms with Crippen molar-refractivity contribution >= 4 is 23.2 Å². The molecule has 0 radical (unpaired) electrons. The van der Waals surface area contributed by atoms with Crippen LogP contribution in [0.15, 0.2) is 24.3 Å². The maximum atomic E-state index is 12.5. The van der Waals surface area contributed by atoms with Gasteiger partial charge in [0.05, 0.1) is 16.1 Å². The van der Waals surface area contributed by atoms with Crippen molar-refractivity contribution in [3.8, 4) is 0 Å². The lowest BCUT2D eigenvalue weighted by Crippen LogP contribution is -2.44. The molecule has 0 spiro atoms. The Balaban J connectivity index is 2.13. The fourth-order valence-corrected chi connectivity index (χ4v) is 2.65. The largest absolute Gasteiger partial charge is 0.324 e. The Morgan fingerprint density at radius 3 is 2.67 bits per heavy atom. The average Bonchev–Trinajstić information content (AvgIpc) is 2.42. The highest BCUT2D eigenvalue weighted by atomic mass is 35.5. The number of carbonyl (C=O) groups is 1. The number of benzene rings is 1. The normalized spacial score (nSPS) is 18.3. The third-order valence-corrected chi connectivity index (χ3v) is 4.17. The summed E-state index contributed by atoms with van der Waals surface area (Å²) in [6.45, 7) is 3.89. The van der Waals surface area contributed by atoms with Crippen LogP contribution >= 0.6 is 11.6 Å². The van der Waals surface area contributed by atoms with Gasteiger partial charge in [-0.05, 0) is 44.5 Å². The van der Waals surface area contributed by atoms with E-state index in [0.29, 0.717) is 10.7 Å². The Morgan fingerprint density at radius 2 is 2.06 bits per heavy atom. The molecule has 0 aliphatic carbocycles. The van der Waals surface area contributed by atoms with Crippen molar-refractivity contribution in [3.63, 3.8) is 0 Å². The Kier molecular flexibility index (Phi) is 4.25. The van der Waals surface area contributed by atoms with Crippen LogP contribution in [-0.2, 0) is 4.79 Å². The van der Waals surface area contributed by atoms with Crippen molar-refractivity contribution in [1.29, 1.82) is 0 Å². The Labute approximate surface area is 113 Å². The van der Waals surface area contributed by atoms with Gasteiger partial charge in [-0.15, -0.1) is 0 Å². The molecule has 1 heterocycles. The molecule has 98 valence electrons. The van der Waals surface area contributed by atoms with Crippen molar-refractivity contribution in [3.05, 3.63) is 29.3 Å². The van der Waals surface area contributed by atoms with Crippen LogP contribution < -0.4 is 10.6 Å². The minimum Gasteiger partial charge on any atom is -0.324 e. The zero-order chi connectivity index (χ0) is 13.0. The SMILES string of the molecule is CCC1(C(=O)Nc2ccccc2Cl)CCNCC1. The van der Waals surface area contributed by atoms with Crippen LogP contribution in [0.25, 0.3) is 0 Å². The Hall–Kier alpha value is -1.06. The molecule has 0 atom stereocenters. The zero-order valence-electron chi connectivity index (χ0n) is 10.6. The number of piperidine rings is 1. The molecular weight excluding hydrogens is 248 g/mol. The first-order chi connectivity index (χ1) is 8.68. The van der Waals surface area contributed by atoms with E-state index in [-0.39, 0.29) is 11.3 Å². The topological polar surface area (TPSA) is 41.1 Å². The van der Waals surface area contributed by atoms with Crippen molar-refractivity contribution < 1.29 is 4.79 Å². The minimum absolute atomic E-state index is 0.0969. The van der Waals surface area contributed by atoms with Crippen molar-refractivity contribution in [2.45, 2.75) is 26.2 Å². The molecular formula is C14H19ClN2O. The van der Waals surface area contributed by atoms with Crippen molar-refractivity contribution in [1.82, 2.24) is 5.32 Å². The Morgan fingerprint density at radius 1 is 1.39 bits per heavy atom. The minimum atomic E-state index is -0.246. The number of hydrogen-bond acceptors (Lipinski definition) is 2. The van der Waals surface area contributed by atoms with E-state index < -0.39 is 0 Å². The van der Waals surface area contributed by atoms with Crippen LogP contribution in [0.3, 0.4) is 0 Å². The number of halogens is 1. The molecule has 1 aromatic rings. The Bertz CT molecular complexity index is 428. The van der Waals surface area contributed by atoms with E-state index in [1.165, 1.54) is 0 Å². The van der Waals surface area contributed by atoms with Crippen LogP contribution in [-0.4, -0.2) is 19.0 Å². The summed E-state index contributed by atoms with van der Waals surface area (Å²) in [6.07, 6.45) is 2.64. The first-order valence-corrected chi connectivity index (χ1v) is 6.82. The highest BCUT2D eigenvalue weighted by Crippen LogP contribution is 2.34. The smallest absolute Gasteiger partial charge is 0.230 e. The second-order valence-electron chi connectivity index (χ2n) is 4.82. The predicted octanol–water partition coefficient (Wildman–Crippen LogP) is 3.06. The molecule has 1 amide bonds. The van der Waals surface area contributed by atoms with E-state index in [1.807, 2.05) is 18.2 Å². The molecule has 4 heteroatoms. The quantitative estimate of drug-likeness (QED) is 0.883. The predicted molar refractivity (Wildman–Crippen MR) is 74.9 cm³/mol. The number of amides is 1. The van der Waals surface area contributed by atoms with Gasteiger partial charge in [-0.1, -0.05) is 30.7 Å². The van der Waals surface area contributed by atoms with Crippen LogP contribution in [0.1, 0.15) is 26.2 Å². The molecule has 1 saturated heterocycles. The third-order valence-electron chi connectivity index (χ3n) is 3.84. The molecule has 2 rings (SSSR count). The number of nitrogens with one attached hydrogen (secondary N) is 2. The zero-order valence-corrected chi connectivity index (χ0v) is 11.4. The summed E-state index contributed by atoms with van der Waals surface area (Å²) in [5.41, 5.74) is 0.459. The van der Waals surface area contributed by atoms with Gasteiger partial charge in [0.2, 0.25) is 5.91 Å². The van der Waals surface area contributed by atoms with Gasteiger partial charge in [0.25, 0.3) is 0 Å². The summed E-state index contributed by atoms with van der Waals surface area (Å²) < 4.78 is 0. The van der Waals surface area contributed by atoms with E-state index in [2.05, 4.69) is 17.6 Å². The maximum Gasteiger partial charge on any atom is 0.230 e. The van der Waals surface area contributed by atoms with Gasteiger partial charge >= 0.3 is 0 Å². The molecule has 18 heavy (non-hydrogen) atoms. The second kappa shape index (κ2) is 5.72. The van der Waals surface area contributed by atoms with Crippen LogP contribution in [0.4, 0.5) is 5.69 Å². The molecule has 1 fully saturated rings. The molecule has 0 bridgehead atoms. The summed E-state index contributed by atoms with van der Waals surface area (Å²) in [6, 6.07) is 7.36. The summed E-state index contributed by atoms with van der Waals surface area (Å²) in [5.74, 6) is 0.0969. The number of carbonyl (C=O) groups excluding carboxylic acids is 1. The standard InChI is InChI=1S/C14H19ClN2O/c1-2-14(7-9-16-10-8-14)13(18)17-12-6-4-3-5-11(12)15/h3-6,16H,2,7-10H2,1H3,(H,17,18). The van der Waals surface area contributed by atoms with E-state index in [9.17, 15) is 4.79 Å². The highest BCUT2D eigenvalue weighted by Gasteiger charge is 2.37. The maximum absolute atomic E-state index is 12.5. The highest BCUT2D eigenvalue weighted by molar-refractivity contribution is 6.33. The van der Waals surface area contributed by atoms with E-state index in [1.54, 1.807) is 6.07 Å². The van der Waals surface area contributed by atoms with Crippen molar-refractivity contribution in [2.24, 2.45) is 5.41 Å². The van der Waals surface area contributed by atoms with E-state index >= 15 is 0 Å². The molecule has 1 aliphatic rings. The summed E-state index contributed by atoms with van der Waals surface area (Å²) in [7, 11) is 0. The van der Waals surface area contributed by atoms with Crippen molar-refractivity contribution in [2.75, 3.05) is 18.4 Å². The van der Waals surface area contributed by atoms with Gasteiger partial charge in [-0.3, -0.25) is 4.79 Å². The lowest BCUT2D eigenvalue weighted by atomic mass is 9.76. The van der Waals surface area contributed by atoms with Gasteiger partial charge in [-0.25, -0.2) is 0 Å². The fraction of sp³-hybridized carbons (Fsp3) is 0.500. The van der Waals surface area contributed by atoms with Gasteiger partial charge in [0, 0.05) is 0 Å². The molecule has 1 aromatic carbocycles. The first-order valence-electron chi connectivity index (χ1n) is 6.45. The van der Waals surface area contributed by atoms with E-state index in [4.69, 9.17) is 11.6 Å². The summed E-state index contributed by atoms with van der Waals surface area (Å²) >= 11 is 6.07. The lowest BCUT2D eigenvalue weighted by molar-refractivity contribution is -0.127. The average molecular weight is 267 g/mol. The van der Waals surface area contributed by atoms with Gasteiger partial charge in [0.15, 0.2) is 0 Å². The van der Waals surface area contributed by atoms with Crippen LogP contribution in [0.5, 0.6) is 0 Å². The monoisotopic (exact) mass is 266 g/mol. The van der Waals surface area contributed by atoms with Crippen LogP contribution in [0, 0.1) is 5.41 Å². The fourth-order valence-electron chi connectivity index (χ4n) is 2.46. The van der Waals surface area contributed by atoms with Gasteiger partial charge in [-0.2, -0.15) is 0 Å². The van der Waals surface area contributed by atoms with E-state index in [0.717, 1.165) is 32.4 Å². The summed E-state index contributed by atoms with van der Waals surface area (Å²) in [4.78, 5) is 12.5. The molecule has 3 nitrogen and oxygen atoms in total.